The average molecular weight is 163 g/mol. The molecule has 0 aliphatic rings. The lowest BCUT2D eigenvalue weighted by atomic mass is 10.1. The summed E-state index contributed by atoms with van der Waals surface area (Å²) in [6.45, 7) is 3.58. The average Bonchev–Trinajstić information content (AvgIpc) is 2.05. The second-order valence-electron chi connectivity index (χ2n) is 2.99. The predicted octanol–water partition coefficient (Wildman–Crippen LogP) is 1.87. The fraction of sp³-hybridized carbons (Fsp3) is 0.300. The van der Waals surface area contributed by atoms with Gasteiger partial charge in [0.2, 0.25) is 0 Å². The highest BCUT2D eigenvalue weighted by Gasteiger charge is 2.00. The van der Waals surface area contributed by atoms with Gasteiger partial charge in [-0.2, -0.15) is 0 Å². The summed E-state index contributed by atoms with van der Waals surface area (Å²) in [5, 5.41) is 10.7. The Balaban J connectivity index is 3.05. The van der Waals surface area contributed by atoms with E-state index in [4.69, 9.17) is 0 Å². The Morgan fingerprint density at radius 1 is 1.42 bits per heavy atom. The lowest BCUT2D eigenvalue weighted by Crippen LogP contribution is -2.09. The van der Waals surface area contributed by atoms with Crippen molar-refractivity contribution in [3.8, 4) is 0 Å². The normalized spacial score (nSPS) is 10.0. The van der Waals surface area contributed by atoms with E-state index in [0.717, 1.165) is 16.8 Å². The lowest BCUT2D eigenvalue weighted by molar-refractivity contribution is 0.177. The molecule has 1 aromatic carbocycles. The first kappa shape index (κ1) is 9.07. The number of hydrogen-bond acceptors (Lipinski definition) is 1. The summed E-state index contributed by atoms with van der Waals surface area (Å²) in [6, 6.07) is 5.72. The van der Waals surface area contributed by atoms with E-state index in [9.17, 15) is 5.11 Å². The molecule has 0 amide bonds. The van der Waals surface area contributed by atoms with Crippen LogP contribution in [-0.2, 0) is 11.7 Å². The third kappa shape index (κ3) is 1.77. The highest BCUT2D eigenvalue weighted by Crippen LogP contribution is 2.17. The Bertz CT molecular complexity index is 269. The summed E-state index contributed by atoms with van der Waals surface area (Å²) in [7, 11) is 3.90. The summed E-state index contributed by atoms with van der Waals surface area (Å²) in [5.74, 6) is 0. The predicted molar refractivity (Wildman–Crippen MR) is 49.6 cm³/mol. The topological polar surface area (TPSA) is 23.1 Å². The van der Waals surface area contributed by atoms with E-state index in [1.54, 1.807) is 0 Å². The Labute approximate surface area is 73.4 Å². The van der Waals surface area contributed by atoms with E-state index in [-0.39, 0.29) is 6.61 Å². The minimum absolute atomic E-state index is 0.194. The molecule has 12 heavy (non-hydrogen) atoms. The molecule has 0 heterocycles. The molecule has 2 radical (unpaired) electrons. The molecular weight excluding hydrogens is 150 g/mol. The number of hydrogen-bond donors (Lipinski definition) is 0. The highest BCUT2D eigenvalue weighted by atomic mass is 16.3. The van der Waals surface area contributed by atoms with Gasteiger partial charge in [-0.05, 0) is 30.2 Å². The van der Waals surface area contributed by atoms with Crippen molar-refractivity contribution in [1.29, 1.82) is 0 Å². The van der Waals surface area contributed by atoms with Crippen molar-refractivity contribution in [2.75, 3.05) is 19.0 Å². The molecule has 0 N–H and O–H groups in total. The van der Waals surface area contributed by atoms with Gasteiger partial charge in [-0.15, -0.1) is 0 Å². The molecule has 0 spiro atoms. The van der Waals surface area contributed by atoms with E-state index in [2.05, 4.69) is 6.92 Å². The number of benzene rings is 1. The molecule has 0 unspecified atom stereocenters. The van der Waals surface area contributed by atoms with Crippen LogP contribution < -0.4 is 4.90 Å². The molecular formula is C10H13NO. The molecule has 2 nitrogen and oxygen atoms in total. The zero-order valence-electron chi connectivity index (χ0n) is 7.50. The molecule has 0 saturated heterocycles. The van der Waals surface area contributed by atoms with Gasteiger partial charge < -0.3 is 4.90 Å². The van der Waals surface area contributed by atoms with Crippen LogP contribution in [0.3, 0.4) is 0 Å². The molecule has 0 aromatic heterocycles. The zero-order valence-corrected chi connectivity index (χ0v) is 7.50. The Kier molecular flexibility index (Phi) is 2.71. The Hall–Kier alpha value is -1.02. The second kappa shape index (κ2) is 3.59. The van der Waals surface area contributed by atoms with Crippen LogP contribution in [0.25, 0.3) is 0 Å². The summed E-state index contributed by atoms with van der Waals surface area (Å²) < 4.78 is 0. The summed E-state index contributed by atoms with van der Waals surface area (Å²) in [5.41, 5.74) is 2.66. The molecule has 64 valence electrons. The first-order valence-corrected chi connectivity index (χ1v) is 3.85. The van der Waals surface area contributed by atoms with Crippen LogP contribution in [0, 0.1) is 6.92 Å². The van der Waals surface area contributed by atoms with Gasteiger partial charge in [0.15, 0.2) is 0 Å². The highest BCUT2D eigenvalue weighted by molar-refractivity contribution is 5.50. The monoisotopic (exact) mass is 163 g/mol. The lowest BCUT2D eigenvalue weighted by Gasteiger charge is -2.13. The van der Waals surface area contributed by atoms with E-state index in [0.29, 0.717) is 0 Å². The van der Waals surface area contributed by atoms with Gasteiger partial charge in [0, 0.05) is 19.8 Å². The molecule has 0 bridgehead atoms. The van der Waals surface area contributed by atoms with Gasteiger partial charge in [-0.25, -0.2) is 5.11 Å². The summed E-state index contributed by atoms with van der Waals surface area (Å²) in [4.78, 5) is 1.97. The van der Waals surface area contributed by atoms with Crippen LogP contribution >= 0.6 is 0 Å². The van der Waals surface area contributed by atoms with Crippen molar-refractivity contribution in [3.05, 3.63) is 36.2 Å². The van der Waals surface area contributed by atoms with Crippen molar-refractivity contribution in [3.63, 3.8) is 0 Å². The zero-order chi connectivity index (χ0) is 9.14. The minimum atomic E-state index is -0.194. The molecule has 1 rings (SSSR count). The molecule has 0 saturated carbocycles. The van der Waals surface area contributed by atoms with Crippen molar-refractivity contribution < 1.29 is 5.11 Å². The number of nitrogens with zero attached hydrogens (tertiary/aromatic N) is 1. The minimum Gasteiger partial charge on any atom is -0.378 e. The SMILES string of the molecule is [CH2]c1ccc(N(C)C)cc1C[O]. The largest absolute Gasteiger partial charge is 0.378 e. The van der Waals surface area contributed by atoms with Crippen molar-refractivity contribution in [2.24, 2.45) is 0 Å². The molecule has 0 aliphatic heterocycles. The maximum Gasteiger partial charge on any atom is 0.108 e. The van der Waals surface area contributed by atoms with Crippen LogP contribution in [0.2, 0.25) is 0 Å². The maximum absolute atomic E-state index is 10.7. The molecule has 1 aromatic rings. The van der Waals surface area contributed by atoms with E-state index >= 15 is 0 Å². The van der Waals surface area contributed by atoms with Gasteiger partial charge in [0.25, 0.3) is 0 Å². The van der Waals surface area contributed by atoms with Gasteiger partial charge in [-0.1, -0.05) is 6.07 Å². The van der Waals surface area contributed by atoms with E-state index in [1.807, 2.05) is 37.2 Å². The number of rotatable bonds is 2. The van der Waals surface area contributed by atoms with Crippen LogP contribution in [0.15, 0.2) is 18.2 Å². The molecule has 0 fully saturated rings. The van der Waals surface area contributed by atoms with Crippen molar-refractivity contribution in [2.45, 2.75) is 6.61 Å². The molecule has 0 aliphatic carbocycles. The van der Waals surface area contributed by atoms with Crippen LogP contribution in [-0.4, -0.2) is 14.1 Å². The quantitative estimate of drug-likeness (QED) is 0.652. The third-order valence-corrected chi connectivity index (χ3v) is 1.86. The van der Waals surface area contributed by atoms with Gasteiger partial charge in [0.05, 0.1) is 0 Å². The molecule has 0 atom stereocenters. The van der Waals surface area contributed by atoms with Gasteiger partial charge in [-0.3, -0.25) is 0 Å². The first-order valence-electron chi connectivity index (χ1n) is 3.85. The Morgan fingerprint density at radius 3 is 2.58 bits per heavy atom. The van der Waals surface area contributed by atoms with Crippen LogP contribution in [0.4, 0.5) is 5.69 Å². The standard InChI is InChI=1S/C10H13NO/c1-8-4-5-10(11(2)3)6-9(8)7-12/h4-6H,1,7H2,2-3H3. The second-order valence-corrected chi connectivity index (χ2v) is 2.99. The fourth-order valence-corrected chi connectivity index (χ4v) is 1.02. The summed E-state index contributed by atoms with van der Waals surface area (Å²) in [6.07, 6.45) is 0. The first-order chi connectivity index (χ1) is 5.65. The van der Waals surface area contributed by atoms with Gasteiger partial charge in [0.1, 0.15) is 6.61 Å². The van der Waals surface area contributed by atoms with Crippen LogP contribution in [0.1, 0.15) is 11.1 Å². The maximum atomic E-state index is 10.7. The third-order valence-electron chi connectivity index (χ3n) is 1.86. The smallest absolute Gasteiger partial charge is 0.108 e. The molecule has 2 heteroatoms. The van der Waals surface area contributed by atoms with Crippen molar-refractivity contribution in [1.82, 2.24) is 0 Å². The fourth-order valence-electron chi connectivity index (χ4n) is 1.02. The Morgan fingerprint density at radius 2 is 2.08 bits per heavy atom. The van der Waals surface area contributed by atoms with Gasteiger partial charge >= 0.3 is 0 Å². The van der Waals surface area contributed by atoms with E-state index in [1.165, 1.54) is 0 Å². The number of anilines is 1. The van der Waals surface area contributed by atoms with E-state index < -0.39 is 0 Å². The van der Waals surface area contributed by atoms with Crippen molar-refractivity contribution >= 4 is 5.69 Å². The van der Waals surface area contributed by atoms with Crippen LogP contribution in [0.5, 0.6) is 0 Å². The summed E-state index contributed by atoms with van der Waals surface area (Å²) >= 11 is 0.